The van der Waals surface area contributed by atoms with Gasteiger partial charge in [-0.25, -0.2) is 0 Å². The van der Waals surface area contributed by atoms with Crippen LogP contribution in [0.25, 0.3) is 0 Å². The first kappa shape index (κ1) is 12.5. The molecule has 1 aliphatic heterocycles. The number of ketones is 1. The quantitative estimate of drug-likeness (QED) is 0.745. The van der Waals surface area contributed by atoms with E-state index in [-0.39, 0.29) is 5.78 Å². The highest BCUT2D eigenvalue weighted by Crippen LogP contribution is 2.37. The maximum Gasteiger partial charge on any atom is 0.168 e. The lowest BCUT2D eigenvalue weighted by molar-refractivity contribution is 0.0990. The number of hydrogen-bond donors (Lipinski definition) is 0. The van der Waals surface area contributed by atoms with Crippen molar-refractivity contribution in [3.05, 3.63) is 59.2 Å². The molecule has 0 spiro atoms. The molecule has 0 saturated heterocycles. The molecule has 0 aromatic heterocycles. The summed E-state index contributed by atoms with van der Waals surface area (Å²) < 4.78 is 0. The van der Waals surface area contributed by atoms with E-state index in [0.717, 1.165) is 16.0 Å². The lowest BCUT2D eigenvalue weighted by atomic mass is 9.97. The Labute approximate surface area is 118 Å². The number of fused-ring (bicyclic) bond motifs is 2. The largest absolute Gasteiger partial charge is 0.294 e. The van der Waals surface area contributed by atoms with E-state index in [9.17, 15) is 4.79 Å². The molecule has 2 heteroatoms. The van der Waals surface area contributed by atoms with Gasteiger partial charge < -0.3 is 0 Å². The minimum atomic E-state index is 0.225. The Morgan fingerprint density at radius 2 is 1.84 bits per heavy atom. The molecule has 0 amide bonds. The fraction of sp³-hybridized carbons (Fsp3) is 0.235. The molecule has 0 saturated carbocycles. The topological polar surface area (TPSA) is 17.1 Å². The van der Waals surface area contributed by atoms with Crippen LogP contribution < -0.4 is 0 Å². The smallest absolute Gasteiger partial charge is 0.168 e. The van der Waals surface area contributed by atoms with Crippen molar-refractivity contribution in [1.82, 2.24) is 0 Å². The van der Waals surface area contributed by atoms with Crippen LogP contribution in [0.15, 0.2) is 52.3 Å². The van der Waals surface area contributed by atoms with E-state index in [1.54, 1.807) is 11.8 Å². The highest BCUT2D eigenvalue weighted by Gasteiger charge is 2.20. The fourth-order valence-electron chi connectivity index (χ4n) is 2.37. The van der Waals surface area contributed by atoms with Gasteiger partial charge in [-0.2, -0.15) is 0 Å². The zero-order valence-electron chi connectivity index (χ0n) is 11.1. The Balaban J connectivity index is 2.09. The second kappa shape index (κ2) is 4.86. The van der Waals surface area contributed by atoms with E-state index in [0.29, 0.717) is 12.3 Å². The molecule has 1 aliphatic rings. The van der Waals surface area contributed by atoms with Crippen LogP contribution in [0.3, 0.4) is 0 Å². The summed E-state index contributed by atoms with van der Waals surface area (Å²) in [5.74, 6) is 0.721. The molecule has 96 valence electrons. The first-order valence-electron chi connectivity index (χ1n) is 6.58. The van der Waals surface area contributed by atoms with Crippen molar-refractivity contribution >= 4 is 17.5 Å². The number of benzene rings is 2. The van der Waals surface area contributed by atoms with Crippen LogP contribution in [0.4, 0.5) is 0 Å². The van der Waals surface area contributed by atoms with Gasteiger partial charge in [-0.1, -0.05) is 55.9 Å². The van der Waals surface area contributed by atoms with E-state index < -0.39 is 0 Å². The normalized spacial score (nSPS) is 13.9. The van der Waals surface area contributed by atoms with Crippen LogP contribution in [-0.4, -0.2) is 5.78 Å². The SMILES string of the molecule is CC(C)c1ccc2c(c1)CC(=O)c1ccccc1S2. The predicted octanol–water partition coefficient (Wildman–Crippen LogP) is 4.70. The number of carbonyl (C=O) groups excluding carboxylic acids is 1. The first-order valence-corrected chi connectivity index (χ1v) is 7.39. The van der Waals surface area contributed by atoms with E-state index >= 15 is 0 Å². The lowest BCUT2D eigenvalue weighted by Gasteiger charge is -2.10. The maximum atomic E-state index is 12.3. The van der Waals surface area contributed by atoms with Crippen molar-refractivity contribution in [3.63, 3.8) is 0 Å². The van der Waals surface area contributed by atoms with Crippen LogP contribution >= 0.6 is 11.8 Å². The average molecular weight is 268 g/mol. The summed E-state index contributed by atoms with van der Waals surface area (Å²) in [6, 6.07) is 14.4. The third kappa shape index (κ3) is 2.33. The van der Waals surface area contributed by atoms with Crippen LogP contribution in [0, 0.1) is 0 Å². The van der Waals surface area contributed by atoms with Crippen LogP contribution in [0.5, 0.6) is 0 Å². The second-order valence-corrected chi connectivity index (χ2v) is 6.30. The summed E-state index contributed by atoms with van der Waals surface area (Å²) in [5, 5.41) is 0. The molecular formula is C17H16OS. The summed E-state index contributed by atoms with van der Waals surface area (Å²) in [6.45, 7) is 4.37. The molecule has 1 nitrogen and oxygen atoms in total. The molecule has 0 atom stereocenters. The van der Waals surface area contributed by atoms with Crippen LogP contribution in [0.1, 0.15) is 41.3 Å². The molecule has 0 aliphatic carbocycles. The Kier molecular flexibility index (Phi) is 3.19. The van der Waals surface area contributed by atoms with Gasteiger partial charge in [-0.3, -0.25) is 4.79 Å². The van der Waals surface area contributed by atoms with Crippen molar-refractivity contribution in [2.45, 2.75) is 36.0 Å². The average Bonchev–Trinajstić information content (AvgIpc) is 2.54. The van der Waals surface area contributed by atoms with Crippen molar-refractivity contribution in [3.8, 4) is 0 Å². The number of hydrogen-bond acceptors (Lipinski definition) is 2. The standard InChI is InChI=1S/C17H16OS/c1-11(2)12-7-8-16-13(9-12)10-15(18)14-5-3-4-6-17(14)19-16/h3-9,11H,10H2,1-2H3. The Bertz CT molecular complexity index is 643. The van der Waals surface area contributed by atoms with E-state index in [1.165, 1.54) is 10.5 Å². The third-order valence-electron chi connectivity index (χ3n) is 3.51. The zero-order valence-corrected chi connectivity index (χ0v) is 12.0. The van der Waals surface area contributed by atoms with Crippen LogP contribution in [-0.2, 0) is 6.42 Å². The third-order valence-corrected chi connectivity index (χ3v) is 4.70. The van der Waals surface area contributed by atoms with Gasteiger partial charge in [0.25, 0.3) is 0 Å². The van der Waals surface area contributed by atoms with Gasteiger partial charge in [-0.05, 0) is 29.2 Å². The Hall–Kier alpha value is -1.54. The van der Waals surface area contributed by atoms with Crippen molar-refractivity contribution in [2.75, 3.05) is 0 Å². The van der Waals surface area contributed by atoms with Crippen molar-refractivity contribution in [1.29, 1.82) is 0 Å². The molecule has 2 aromatic carbocycles. The zero-order chi connectivity index (χ0) is 13.4. The van der Waals surface area contributed by atoms with E-state index in [4.69, 9.17) is 0 Å². The molecular weight excluding hydrogens is 252 g/mol. The molecule has 0 bridgehead atoms. The molecule has 0 unspecified atom stereocenters. The summed E-state index contributed by atoms with van der Waals surface area (Å²) in [7, 11) is 0. The summed E-state index contributed by atoms with van der Waals surface area (Å²) in [6.07, 6.45) is 0.514. The molecule has 2 aromatic rings. The summed E-state index contributed by atoms with van der Waals surface area (Å²) in [4.78, 5) is 14.6. The van der Waals surface area contributed by atoms with Crippen molar-refractivity contribution < 1.29 is 4.79 Å². The molecule has 0 N–H and O–H groups in total. The fourth-order valence-corrected chi connectivity index (χ4v) is 3.44. The van der Waals surface area contributed by atoms with Gasteiger partial charge in [0.05, 0.1) is 0 Å². The highest BCUT2D eigenvalue weighted by atomic mass is 32.2. The molecule has 0 radical (unpaired) electrons. The number of rotatable bonds is 1. The number of Topliss-reactive ketones (excluding diaryl/α,β-unsaturated/α-hetero) is 1. The first-order chi connectivity index (χ1) is 9.15. The van der Waals surface area contributed by atoms with Crippen molar-refractivity contribution in [2.24, 2.45) is 0 Å². The van der Waals surface area contributed by atoms with Crippen LogP contribution in [0.2, 0.25) is 0 Å². The highest BCUT2D eigenvalue weighted by molar-refractivity contribution is 7.99. The second-order valence-electron chi connectivity index (χ2n) is 5.22. The van der Waals surface area contributed by atoms with E-state index in [2.05, 4.69) is 32.0 Å². The minimum absolute atomic E-state index is 0.225. The predicted molar refractivity (Wildman–Crippen MR) is 79.1 cm³/mol. The van der Waals surface area contributed by atoms with Gasteiger partial charge in [0.2, 0.25) is 0 Å². The summed E-state index contributed by atoms with van der Waals surface area (Å²) >= 11 is 1.71. The molecule has 1 heterocycles. The van der Waals surface area contributed by atoms with Gasteiger partial charge >= 0.3 is 0 Å². The Morgan fingerprint density at radius 3 is 2.63 bits per heavy atom. The number of carbonyl (C=O) groups is 1. The molecule has 0 fully saturated rings. The van der Waals surface area contributed by atoms with Gasteiger partial charge in [0, 0.05) is 21.8 Å². The molecule has 19 heavy (non-hydrogen) atoms. The van der Waals surface area contributed by atoms with Gasteiger partial charge in [0.15, 0.2) is 5.78 Å². The molecule has 3 rings (SSSR count). The monoisotopic (exact) mass is 268 g/mol. The minimum Gasteiger partial charge on any atom is -0.294 e. The Morgan fingerprint density at radius 1 is 1.05 bits per heavy atom. The summed E-state index contributed by atoms with van der Waals surface area (Å²) in [5.41, 5.74) is 3.32. The van der Waals surface area contributed by atoms with Gasteiger partial charge in [0.1, 0.15) is 0 Å². The lowest BCUT2D eigenvalue weighted by Crippen LogP contribution is -2.03. The van der Waals surface area contributed by atoms with Gasteiger partial charge in [-0.15, -0.1) is 0 Å². The maximum absolute atomic E-state index is 12.3. The van der Waals surface area contributed by atoms with E-state index in [1.807, 2.05) is 24.3 Å².